The summed E-state index contributed by atoms with van der Waals surface area (Å²) < 4.78 is 5.08. The molecule has 0 amide bonds. The zero-order chi connectivity index (χ0) is 11.2. The number of rotatable bonds is 4. The lowest BCUT2D eigenvalue weighted by atomic mass is 9.96. The second-order valence-corrected chi connectivity index (χ2v) is 4.49. The minimum absolute atomic E-state index is 0.574. The maximum atomic E-state index is 5.08. The van der Waals surface area contributed by atoms with Gasteiger partial charge in [0.2, 0.25) is 0 Å². The highest BCUT2D eigenvalue weighted by Crippen LogP contribution is 2.23. The molecule has 0 bridgehead atoms. The van der Waals surface area contributed by atoms with E-state index in [9.17, 15) is 0 Å². The fraction of sp³-hybridized carbons (Fsp3) is 0.571. The summed E-state index contributed by atoms with van der Waals surface area (Å²) in [5.41, 5.74) is 2.79. The molecule has 1 aliphatic rings. The molecule has 0 spiro atoms. The maximum Gasteiger partial charge on any atom is 0.0502 e. The largest absolute Gasteiger partial charge is 0.384 e. The number of methoxy groups -OCH3 is 1. The number of nitrogens with one attached hydrogen (secondary N) is 1. The number of benzene rings is 1. The molecule has 1 atom stereocenters. The minimum Gasteiger partial charge on any atom is -0.384 e. The summed E-state index contributed by atoms with van der Waals surface area (Å²) in [4.78, 5) is 0. The summed E-state index contributed by atoms with van der Waals surface area (Å²) >= 11 is 0. The van der Waals surface area contributed by atoms with Crippen LogP contribution in [0.25, 0.3) is 0 Å². The van der Waals surface area contributed by atoms with Crippen LogP contribution in [0.5, 0.6) is 0 Å². The van der Waals surface area contributed by atoms with Gasteiger partial charge in [0, 0.05) is 13.2 Å². The molecule has 0 radical (unpaired) electrons. The number of hydrogen-bond donors (Lipinski definition) is 1. The van der Waals surface area contributed by atoms with Crippen molar-refractivity contribution in [3.05, 3.63) is 35.4 Å². The van der Waals surface area contributed by atoms with Crippen LogP contribution in [0.15, 0.2) is 24.3 Å². The van der Waals surface area contributed by atoms with Crippen molar-refractivity contribution in [2.45, 2.75) is 31.7 Å². The Morgan fingerprint density at radius 2 is 2.06 bits per heavy atom. The summed E-state index contributed by atoms with van der Waals surface area (Å²) in [7, 11) is 1.75. The van der Waals surface area contributed by atoms with Crippen LogP contribution < -0.4 is 5.32 Å². The average molecular weight is 219 g/mol. The Hall–Kier alpha value is -0.860. The van der Waals surface area contributed by atoms with Gasteiger partial charge in [0.1, 0.15) is 0 Å². The molecule has 0 aromatic heterocycles. The summed E-state index contributed by atoms with van der Waals surface area (Å²) in [5.74, 6) is 0. The highest BCUT2D eigenvalue weighted by Gasteiger charge is 2.13. The molecule has 1 unspecified atom stereocenters. The maximum absolute atomic E-state index is 5.08. The zero-order valence-corrected chi connectivity index (χ0v) is 10.0. The third-order valence-electron chi connectivity index (χ3n) is 3.29. The fourth-order valence-electron chi connectivity index (χ4n) is 2.27. The van der Waals surface area contributed by atoms with Crippen LogP contribution in [0.4, 0.5) is 0 Å². The first-order chi connectivity index (χ1) is 7.90. The van der Waals surface area contributed by atoms with Gasteiger partial charge in [0.15, 0.2) is 0 Å². The Morgan fingerprint density at radius 3 is 2.69 bits per heavy atom. The van der Waals surface area contributed by atoms with Gasteiger partial charge in [0.25, 0.3) is 0 Å². The predicted octanol–water partition coefficient (Wildman–Crippen LogP) is 2.69. The van der Waals surface area contributed by atoms with Crippen LogP contribution >= 0.6 is 0 Å². The first-order valence-corrected chi connectivity index (χ1v) is 6.21. The van der Waals surface area contributed by atoms with Gasteiger partial charge in [-0.1, -0.05) is 30.7 Å². The molecular formula is C14H21NO. The van der Waals surface area contributed by atoms with Gasteiger partial charge < -0.3 is 10.1 Å². The lowest BCUT2D eigenvalue weighted by Crippen LogP contribution is -2.26. The Kier molecular flexibility index (Phi) is 4.37. The van der Waals surface area contributed by atoms with E-state index >= 15 is 0 Å². The third kappa shape index (κ3) is 3.06. The van der Waals surface area contributed by atoms with Crippen LogP contribution in [-0.4, -0.2) is 20.3 Å². The molecule has 0 saturated carbocycles. The van der Waals surface area contributed by atoms with E-state index in [1.807, 2.05) is 0 Å². The fourth-order valence-corrected chi connectivity index (χ4v) is 2.27. The van der Waals surface area contributed by atoms with Gasteiger partial charge in [0.05, 0.1) is 6.61 Å². The van der Waals surface area contributed by atoms with Crippen molar-refractivity contribution in [3.63, 3.8) is 0 Å². The van der Waals surface area contributed by atoms with E-state index in [1.165, 1.54) is 30.4 Å². The van der Waals surface area contributed by atoms with E-state index < -0.39 is 0 Å². The van der Waals surface area contributed by atoms with Gasteiger partial charge in [-0.2, -0.15) is 0 Å². The third-order valence-corrected chi connectivity index (χ3v) is 3.29. The number of ether oxygens (including phenoxy) is 1. The summed E-state index contributed by atoms with van der Waals surface area (Å²) in [5, 5.41) is 3.57. The monoisotopic (exact) mass is 219 g/mol. The molecule has 16 heavy (non-hydrogen) atoms. The first-order valence-electron chi connectivity index (χ1n) is 6.21. The van der Waals surface area contributed by atoms with Crippen LogP contribution in [0.3, 0.4) is 0 Å². The van der Waals surface area contributed by atoms with E-state index in [4.69, 9.17) is 4.74 Å². The summed E-state index contributed by atoms with van der Waals surface area (Å²) in [6.45, 7) is 1.97. The zero-order valence-electron chi connectivity index (χ0n) is 10.0. The van der Waals surface area contributed by atoms with Crippen LogP contribution in [0.2, 0.25) is 0 Å². The molecule has 1 N–H and O–H groups in total. The predicted molar refractivity (Wildman–Crippen MR) is 66.6 cm³/mol. The summed E-state index contributed by atoms with van der Waals surface area (Å²) in [6.07, 6.45) is 4.96. The molecular weight excluding hydrogens is 198 g/mol. The second-order valence-electron chi connectivity index (χ2n) is 4.49. The molecule has 2 nitrogen and oxygen atoms in total. The normalized spacial score (nSPS) is 20.9. The van der Waals surface area contributed by atoms with Gasteiger partial charge in [-0.25, -0.2) is 0 Å². The average Bonchev–Trinajstić information content (AvgIpc) is 2.38. The first kappa shape index (κ1) is 11.6. The second kappa shape index (κ2) is 6.02. The molecule has 1 aromatic carbocycles. The van der Waals surface area contributed by atoms with Crippen molar-refractivity contribution < 1.29 is 4.74 Å². The Balaban J connectivity index is 1.95. The van der Waals surface area contributed by atoms with Gasteiger partial charge in [-0.3, -0.25) is 0 Å². The Bertz CT molecular complexity index is 301. The minimum atomic E-state index is 0.574. The van der Waals surface area contributed by atoms with E-state index in [-0.39, 0.29) is 0 Å². The highest BCUT2D eigenvalue weighted by molar-refractivity contribution is 5.25. The van der Waals surface area contributed by atoms with Crippen molar-refractivity contribution >= 4 is 0 Å². The van der Waals surface area contributed by atoms with Crippen LogP contribution in [0, 0.1) is 0 Å². The Labute approximate surface area is 98.0 Å². The lowest BCUT2D eigenvalue weighted by molar-refractivity contribution is 0.202. The van der Waals surface area contributed by atoms with Crippen molar-refractivity contribution in [1.29, 1.82) is 0 Å². The van der Waals surface area contributed by atoms with E-state index in [0.29, 0.717) is 6.04 Å². The molecule has 2 rings (SSSR count). The number of hydrogen-bond acceptors (Lipinski definition) is 2. The molecule has 1 fully saturated rings. The molecule has 0 aliphatic carbocycles. The molecule has 1 aromatic rings. The van der Waals surface area contributed by atoms with Crippen LogP contribution in [-0.2, 0) is 11.2 Å². The highest BCUT2D eigenvalue weighted by atomic mass is 16.5. The van der Waals surface area contributed by atoms with Crippen LogP contribution in [0.1, 0.15) is 36.4 Å². The van der Waals surface area contributed by atoms with Crippen molar-refractivity contribution in [2.24, 2.45) is 0 Å². The molecule has 88 valence electrons. The Morgan fingerprint density at radius 1 is 1.25 bits per heavy atom. The lowest BCUT2D eigenvalue weighted by Gasteiger charge is -2.23. The van der Waals surface area contributed by atoms with Gasteiger partial charge in [-0.15, -0.1) is 0 Å². The van der Waals surface area contributed by atoms with E-state index in [1.54, 1.807) is 7.11 Å². The SMILES string of the molecule is COCCc1ccc(C2CCCCN2)cc1. The van der Waals surface area contributed by atoms with Gasteiger partial charge >= 0.3 is 0 Å². The standard InChI is InChI=1S/C14H21NO/c1-16-11-9-12-5-7-13(8-6-12)14-4-2-3-10-15-14/h5-8,14-15H,2-4,9-11H2,1H3. The van der Waals surface area contributed by atoms with Gasteiger partial charge in [-0.05, 0) is 36.9 Å². The molecule has 1 saturated heterocycles. The van der Waals surface area contributed by atoms with Crippen molar-refractivity contribution in [3.8, 4) is 0 Å². The topological polar surface area (TPSA) is 21.3 Å². The summed E-state index contributed by atoms with van der Waals surface area (Å²) in [6, 6.07) is 9.54. The van der Waals surface area contributed by atoms with E-state index in [2.05, 4.69) is 29.6 Å². The smallest absolute Gasteiger partial charge is 0.0502 e. The van der Waals surface area contributed by atoms with Crippen molar-refractivity contribution in [2.75, 3.05) is 20.3 Å². The van der Waals surface area contributed by atoms with Crippen molar-refractivity contribution in [1.82, 2.24) is 5.32 Å². The molecule has 2 heteroatoms. The van der Waals surface area contributed by atoms with E-state index in [0.717, 1.165) is 19.6 Å². The molecule has 1 heterocycles. The number of piperidine rings is 1. The quantitative estimate of drug-likeness (QED) is 0.840. The molecule has 1 aliphatic heterocycles.